The van der Waals surface area contributed by atoms with Crippen LogP contribution in [0.5, 0.6) is 0 Å². The standard InChI is InChI=1S/C15H23N3O3/c1-4-11(5-2)18-12(6-8-16-18)13(19)17-9-7-15(3,10-17)14(20)21/h6,8,11H,4-5,7,9-10H2,1-3H3,(H,20,21)/t15-/m0/s1. The largest absolute Gasteiger partial charge is 0.481 e. The highest BCUT2D eigenvalue weighted by molar-refractivity contribution is 5.93. The first kappa shape index (κ1) is 15.5. The molecule has 1 amide bonds. The smallest absolute Gasteiger partial charge is 0.311 e. The molecule has 1 N–H and O–H groups in total. The zero-order chi connectivity index (χ0) is 15.6. The maximum absolute atomic E-state index is 12.6. The molecule has 0 aromatic carbocycles. The van der Waals surface area contributed by atoms with E-state index in [1.54, 1.807) is 28.8 Å². The van der Waals surface area contributed by atoms with Gasteiger partial charge in [-0.2, -0.15) is 5.10 Å². The second-order valence-electron chi connectivity index (χ2n) is 5.97. The van der Waals surface area contributed by atoms with Gasteiger partial charge in [-0.05, 0) is 32.3 Å². The van der Waals surface area contributed by atoms with E-state index < -0.39 is 11.4 Å². The average molecular weight is 293 g/mol. The Morgan fingerprint density at radius 3 is 2.62 bits per heavy atom. The number of rotatable bonds is 5. The van der Waals surface area contributed by atoms with E-state index in [1.807, 2.05) is 0 Å². The van der Waals surface area contributed by atoms with Crippen LogP contribution < -0.4 is 0 Å². The third-order valence-corrected chi connectivity index (χ3v) is 4.45. The molecule has 1 fully saturated rings. The van der Waals surface area contributed by atoms with E-state index in [9.17, 15) is 14.7 Å². The summed E-state index contributed by atoms with van der Waals surface area (Å²) in [5.41, 5.74) is -0.284. The maximum Gasteiger partial charge on any atom is 0.311 e. The Morgan fingerprint density at radius 1 is 1.43 bits per heavy atom. The number of amides is 1. The molecule has 1 aromatic rings. The van der Waals surface area contributed by atoms with Gasteiger partial charge in [0.15, 0.2) is 0 Å². The second-order valence-corrected chi connectivity index (χ2v) is 5.97. The van der Waals surface area contributed by atoms with Gasteiger partial charge in [-0.1, -0.05) is 13.8 Å². The quantitative estimate of drug-likeness (QED) is 0.903. The van der Waals surface area contributed by atoms with Crippen molar-refractivity contribution in [2.45, 2.75) is 46.1 Å². The van der Waals surface area contributed by atoms with Crippen LogP contribution in [0.2, 0.25) is 0 Å². The molecular formula is C15H23N3O3. The molecule has 116 valence electrons. The van der Waals surface area contributed by atoms with Crippen LogP contribution >= 0.6 is 0 Å². The number of aromatic nitrogens is 2. The van der Waals surface area contributed by atoms with Crippen molar-refractivity contribution in [1.29, 1.82) is 0 Å². The van der Waals surface area contributed by atoms with E-state index in [1.165, 1.54) is 0 Å². The fourth-order valence-corrected chi connectivity index (χ4v) is 2.88. The van der Waals surface area contributed by atoms with Crippen LogP contribution in [0.3, 0.4) is 0 Å². The zero-order valence-corrected chi connectivity index (χ0v) is 12.9. The molecule has 1 atom stereocenters. The van der Waals surface area contributed by atoms with E-state index in [-0.39, 0.29) is 18.5 Å². The van der Waals surface area contributed by atoms with Gasteiger partial charge >= 0.3 is 5.97 Å². The molecule has 1 aliphatic rings. The summed E-state index contributed by atoms with van der Waals surface area (Å²) in [7, 11) is 0. The van der Waals surface area contributed by atoms with Crippen molar-refractivity contribution in [3.63, 3.8) is 0 Å². The van der Waals surface area contributed by atoms with Crippen LogP contribution in [0.25, 0.3) is 0 Å². The number of carboxylic acid groups (broad SMARTS) is 1. The summed E-state index contributed by atoms with van der Waals surface area (Å²) in [6, 6.07) is 1.92. The molecule has 2 heterocycles. The molecule has 6 nitrogen and oxygen atoms in total. The molecule has 0 radical (unpaired) electrons. The van der Waals surface area contributed by atoms with Gasteiger partial charge in [-0.25, -0.2) is 0 Å². The van der Waals surface area contributed by atoms with Gasteiger partial charge < -0.3 is 10.0 Å². The Bertz CT molecular complexity index is 536. The average Bonchev–Trinajstić information content (AvgIpc) is 3.07. The Labute approximate surface area is 124 Å². The summed E-state index contributed by atoms with van der Waals surface area (Å²) >= 11 is 0. The molecule has 0 spiro atoms. The fraction of sp³-hybridized carbons (Fsp3) is 0.667. The van der Waals surface area contributed by atoms with Crippen molar-refractivity contribution in [2.75, 3.05) is 13.1 Å². The summed E-state index contributed by atoms with van der Waals surface area (Å²) in [5, 5.41) is 13.5. The molecule has 1 aliphatic heterocycles. The molecule has 2 rings (SSSR count). The highest BCUT2D eigenvalue weighted by Gasteiger charge is 2.42. The second kappa shape index (κ2) is 5.87. The van der Waals surface area contributed by atoms with Gasteiger partial charge in [-0.15, -0.1) is 0 Å². The van der Waals surface area contributed by atoms with E-state index in [4.69, 9.17) is 0 Å². The summed E-state index contributed by atoms with van der Waals surface area (Å²) in [5.74, 6) is -0.962. The highest BCUT2D eigenvalue weighted by atomic mass is 16.4. The summed E-state index contributed by atoms with van der Waals surface area (Å²) < 4.78 is 1.78. The lowest BCUT2D eigenvalue weighted by molar-refractivity contribution is -0.147. The first-order valence-electron chi connectivity index (χ1n) is 7.49. The van der Waals surface area contributed by atoms with E-state index >= 15 is 0 Å². The number of carbonyl (C=O) groups is 2. The summed E-state index contributed by atoms with van der Waals surface area (Å²) in [6.07, 6.45) is 3.95. The van der Waals surface area contributed by atoms with Crippen LogP contribution in [0.4, 0.5) is 0 Å². The first-order valence-corrected chi connectivity index (χ1v) is 7.49. The van der Waals surface area contributed by atoms with E-state index in [0.29, 0.717) is 18.7 Å². The third kappa shape index (κ3) is 2.80. The molecule has 0 saturated carbocycles. The molecule has 21 heavy (non-hydrogen) atoms. The maximum atomic E-state index is 12.6. The molecule has 0 aliphatic carbocycles. The Kier molecular flexibility index (Phi) is 4.34. The van der Waals surface area contributed by atoms with Crippen molar-refractivity contribution < 1.29 is 14.7 Å². The van der Waals surface area contributed by atoms with Gasteiger partial charge in [0.05, 0.1) is 11.5 Å². The first-order chi connectivity index (χ1) is 9.92. The van der Waals surface area contributed by atoms with Crippen LogP contribution in [-0.2, 0) is 4.79 Å². The monoisotopic (exact) mass is 293 g/mol. The fourth-order valence-electron chi connectivity index (χ4n) is 2.88. The lowest BCUT2D eigenvalue weighted by Crippen LogP contribution is -2.36. The lowest BCUT2D eigenvalue weighted by Gasteiger charge is -2.22. The van der Waals surface area contributed by atoms with Crippen molar-refractivity contribution in [1.82, 2.24) is 14.7 Å². The van der Waals surface area contributed by atoms with Gasteiger partial charge in [0.2, 0.25) is 0 Å². The zero-order valence-electron chi connectivity index (χ0n) is 12.9. The van der Waals surface area contributed by atoms with Crippen molar-refractivity contribution in [3.05, 3.63) is 18.0 Å². The minimum Gasteiger partial charge on any atom is -0.481 e. The van der Waals surface area contributed by atoms with Crippen LogP contribution in [0, 0.1) is 5.41 Å². The highest BCUT2D eigenvalue weighted by Crippen LogP contribution is 2.31. The van der Waals surface area contributed by atoms with Crippen molar-refractivity contribution >= 4 is 11.9 Å². The van der Waals surface area contributed by atoms with Gasteiger partial charge in [0.25, 0.3) is 5.91 Å². The molecular weight excluding hydrogens is 270 g/mol. The van der Waals surface area contributed by atoms with Crippen LogP contribution in [0.15, 0.2) is 12.3 Å². The lowest BCUT2D eigenvalue weighted by atomic mass is 9.90. The Balaban J connectivity index is 2.19. The number of hydrogen-bond donors (Lipinski definition) is 1. The molecule has 0 unspecified atom stereocenters. The number of likely N-dealkylation sites (tertiary alicyclic amines) is 1. The number of hydrogen-bond acceptors (Lipinski definition) is 3. The SMILES string of the molecule is CCC(CC)n1nccc1C(=O)N1CC[C@](C)(C(=O)O)C1. The van der Waals surface area contributed by atoms with Gasteiger partial charge in [-0.3, -0.25) is 14.3 Å². The minimum absolute atomic E-state index is 0.121. The Hall–Kier alpha value is -1.85. The molecule has 1 aromatic heterocycles. The van der Waals surface area contributed by atoms with Gasteiger partial charge in [0, 0.05) is 19.3 Å². The predicted octanol–water partition coefficient (Wildman–Crippen LogP) is 2.18. The molecule has 0 bridgehead atoms. The van der Waals surface area contributed by atoms with E-state index in [0.717, 1.165) is 12.8 Å². The van der Waals surface area contributed by atoms with Crippen LogP contribution in [-0.4, -0.2) is 44.8 Å². The van der Waals surface area contributed by atoms with Crippen LogP contribution in [0.1, 0.15) is 56.6 Å². The molecule has 6 heteroatoms. The van der Waals surface area contributed by atoms with Gasteiger partial charge in [0.1, 0.15) is 5.69 Å². The number of aliphatic carboxylic acids is 1. The number of carboxylic acids is 1. The topological polar surface area (TPSA) is 75.4 Å². The number of nitrogens with zero attached hydrogens (tertiary/aromatic N) is 3. The van der Waals surface area contributed by atoms with E-state index in [2.05, 4.69) is 18.9 Å². The number of carbonyl (C=O) groups excluding carboxylic acids is 1. The normalized spacial score (nSPS) is 22.0. The minimum atomic E-state index is -0.841. The van der Waals surface area contributed by atoms with Crippen molar-refractivity contribution in [3.8, 4) is 0 Å². The summed E-state index contributed by atoms with van der Waals surface area (Å²) in [4.78, 5) is 25.6. The summed E-state index contributed by atoms with van der Waals surface area (Å²) in [6.45, 7) is 6.58. The van der Waals surface area contributed by atoms with Crippen molar-refractivity contribution in [2.24, 2.45) is 5.41 Å². The predicted molar refractivity (Wildman–Crippen MR) is 78.1 cm³/mol. The molecule has 1 saturated heterocycles. The Morgan fingerprint density at radius 2 is 2.10 bits per heavy atom. The third-order valence-electron chi connectivity index (χ3n) is 4.45.